The lowest BCUT2D eigenvalue weighted by atomic mass is 10.0. The first kappa shape index (κ1) is 18.0. The molecule has 0 saturated carbocycles. The van der Waals surface area contributed by atoms with Crippen molar-refractivity contribution in [2.24, 2.45) is 0 Å². The lowest BCUT2D eigenvalue weighted by Gasteiger charge is -2.28. The second-order valence-electron chi connectivity index (χ2n) is 6.53. The monoisotopic (exact) mass is 352 g/mol. The standard InChI is InChI=1S/C21H24N2O3/c1-15(22-20(24)16-8-4-3-5-9-16)21(25)23-13-7-12-19(23)17-10-6-11-18(14-17)26-2/h3-6,8-11,14-15,19H,7,12-13H2,1-2H3,(H,22,24). The molecule has 0 aliphatic carbocycles. The molecule has 0 radical (unpaired) electrons. The highest BCUT2D eigenvalue weighted by Crippen LogP contribution is 2.33. The number of likely N-dealkylation sites (tertiary alicyclic amines) is 1. The quantitative estimate of drug-likeness (QED) is 0.899. The molecule has 1 aliphatic rings. The molecule has 1 heterocycles. The number of benzene rings is 2. The second kappa shape index (κ2) is 8.04. The lowest BCUT2D eigenvalue weighted by Crippen LogP contribution is -2.46. The molecule has 2 aromatic rings. The van der Waals surface area contributed by atoms with Gasteiger partial charge in [-0.15, -0.1) is 0 Å². The van der Waals surface area contributed by atoms with Gasteiger partial charge in [-0.2, -0.15) is 0 Å². The van der Waals surface area contributed by atoms with Gasteiger partial charge in [0.2, 0.25) is 5.91 Å². The smallest absolute Gasteiger partial charge is 0.251 e. The van der Waals surface area contributed by atoms with Gasteiger partial charge in [0.1, 0.15) is 11.8 Å². The molecule has 1 fully saturated rings. The maximum Gasteiger partial charge on any atom is 0.251 e. The van der Waals surface area contributed by atoms with Gasteiger partial charge in [-0.1, -0.05) is 30.3 Å². The second-order valence-corrected chi connectivity index (χ2v) is 6.53. The normalized spacial score (nSPS) is 17.6. The predicted molar refractivity (Wildman–Crippen MR) is 100 cm³/mol. The van der Waals surface area contributed by atoms with E-state index in [-0.39, 0.29) is 17.9 Å². The number of methoxy groups -OCH3 is 1. The van der Waals surface area contributed by atoms with Gasteiger partial charge in [-0.25, -0.2) is 0 Å². The third-order valence-electron chi connectivity index (χ3n) is 4.77. The van der Waals surface area contributed by atoms with Crippen LogP contribution < -0.4 is 10.1 Å². The first-order valence-electron chi connectivity index (χ1n) is 8.90. The van der Waals surface area contributed by atoms with Crippen molar-refractivity contribution < 1.29 is 14.3 Å². The Hall–Kier alpha value is -2.82. The van der Waals surface area contributed by atoms with Crippen LogP contribution in [-0.2, 0) is 4.79 Å². The van der Waals surface area contributed by atoms with Crippen molar-refractivity contribution in [2.75, 3.05) is 13.7 Å². The summed E-state index contributed by atoms with van der Waals surface area (Å²) >= 11 is 0. The summed E-state index contributed by atoms with van der Waals surface area (Å²) in [7, 11) is 1.64. The maximum atomic E-state index is 12.9. The SMILES string of the molecule is COc1cccc(C2CCCN2C(=O)C(C)NC(=O)c2ccccc2)c1. The molecule has 2 atom stereocenters. The van der Waals surface area contributed by atoms with E-state index < -0.39 is 6.04 Å². The number of nitrogens with one attached hydrogen (secondary N) is 1. The third kappa shape index (κ3) is 3.87. The fraction of sp³-hybridized carbons (Fsp3) is 0.333. The summed E-state index contributed by atoms with van der Waals surface area (Å²) in [6, 6.07) is 16.2. The van der Waals surface area contributed by atoms with Gasteiger partial charge in [0.15, 0.2) is 0 Å². The minimum absolute atomic E-state index is 0.0219. The molecule has 5 nitrogen and oxygen atoms in total. The number of carbonyl (C=O) groups excluding carboxylic acids is 2. The first-order chi connectivity index (χ1) is 12.6. The number of rotatable bonds is 5. The van der Waals surface area contributed by atoms with Crippen LogP contribution in [0.4, 0.5) is 0 Å². The molecule has 2 amide bonds. The third-order valence-corrected chi connectivity index (χ3v) is 4.77. The van der Waals surface area contributed by atoms with E-state index in [1.54, 1.807) is 38.3 Å². The van der Waals surface area contributed by atoms with E-state index in [2.05, 4.69) is 5.32 Å². The summed E-state index contributed by atoms with van der Waals surface area (Å²) in [6.07, 6.45) is 1.87. The Balaban J connectivity index is 1.70. The molecule has 26 heavy (non-hydrogen) atoms. The summed E-state index contributed by atoms with van der Waals surface area (Å²) in [4.78, 5) is 27.1. The zero-order chi connectivity index (χ0) is 18.5. The van der Waals surface area contributed by atoms with E-state index in [9.17, 15) is 9.59 Å². The molecule has 0 bridgehead atoms. The van der Waals surface area contributed by atoms with Crippen LogP contribution in [0.1, 0.15) is 41.7 Å². The van der Waals surface area contributed by atoms with Crippen molar-refractivity contribution in [1.29, 1.82) is 0 Å². The van der Waals surface area contributed by atoms with Crippen molar-refractivity contribution in [3.05, 3.63) is 65.7 Å². The fourth-order valence-electron chi connectivity index (χ4n) is 3.41. The molecular formula is C21H24N2O3. The van der Waals surface area contributed by atoms with E-state index in [4.69, 9.17) is 4.74 Å². The van der Waals surface area contributed by atoms with E-state index in [1.165, 1.54) is 0 Å². The Morgan fingerprint density at radius 3 is 2.65 bits per heavy atom. The molecule has 1 saturated heterocycles. The molecule has 136 valence electrons. The predicted octanol–water partition coefficient (Wildman–Crippen LogP) is 3.18. The molecule has 5 heteroatoms. The molecule has 3 rings (SSSR count). The average Bonchev–Trinajstić information content (AvgIpc) is 3.17. The molecule has 1 N–H and O–H groups in total. The van der Waals surface area contributed by atoms with Crippen LogP contribution in [0.3, 0.4) is 0 Å². The van der Waals surface area contributed by atoms with Crippen LogP contribution in [0.25, 0.3) is 0 Å². The summed E-state index contributed by atoms with van der Waals surface area (Å²) < 4.78 is 5.30. The van der Waals surface area contributed by atoms with E-state index in [0.717, 1.165) is 24.2 Å². The van der Waals surface area contributed by atoms with Gasteiger partial charge in [-0.05, 0) is 49.6 Å². The van der Waals surface area contributed by atoms with Crippen molar-refractivity contribution >= 4 is 11.8 Å². The molecule has 2 aromatic carbocycles. The Morgan fingerprint density at radius 1 is 1.15 bits per heavy atom. The zero-order valence-electron chi connectivity index (χ0n) is 15.1. The minimum atomic E-state index is -0.575. The van der Waals surface area contributed by atoms with Crippen LogP contribution in [0, 0.1) is 0 Å². The summed E-state index contributed by atoms with van der Waals surface area (Å²) in [5, 5.41) is 2.81. The molecule has 1 aliphatic heterocycles. The highest BCUT2D eigenvalue weighted by atomic mass is 16.5. The largest absolute Gasteiger partial charge is 0.497 e. The molecule has 2 unspecified atom stereocenters. The average molecular weight is 352 g/mol. The van der Waals surface area contributed by atoms with Gasteiger partial charge < -0.3 is 15.0 Å². The van der Waals surface area contributed by atoms with Crippen LogP contribution in [0.15, 0.2) is 54.6 Å². The maximum absolute atomic E-state index is 12.9. The Labute approximate surface area is 154 Å². The van der Waals surface area contributed by atoms with Crippen molar-refractivity contribution in [2.45, 2.75) is 31.8 Å². The van der Waals surface area contributed by atoms with Gasteiger partial charge in [0.05, 0.1) is 13.2 Å². The number of hydrogen-bond donors (Lipinski definition) is 1. The van der Waals surface area contributed by atoms with E-state index in [0.29, 0.717) is 12.1 Å². The Morgan fingerprint density at radius 2 is 1.92 bits per heavy atom. The van der Waals surface area contributed by atoms with Gasteiger partial charge in [0.25, 0.3) is 5.91 Å². The fourth-order valence-corrected chi connectivity index (χ4v) is 3.41. The molecule has 0 aromatic heterocycles. The highest BCUT2D eigenvalue weighted by molar-refractivity contribution is 5.97. The van der Waals surface area contributed by atoms with E-state index >= 15 is 0 Å². The van der Waals surface area contributed by atoms with Crippen molar-refractivity contribution in [3.63, 3.8) is 0 Å². The van der Waals surface area contributed by atoms with Crippen LogP contribution in [-0.4, -0.2) is 36.4 Å². The van der Waals surface area contributed by atoms with Gasteiger partial charge >= 0.3 is 0 Å². The minimum Gasteiger partial charge on any atom is -0.497 e. The molecular weight excluding hydrogens is 328 g/mol. The zero-order valence-corrected chi connectivity index (χ0v) is 15.1. The highest BCUT2D eigenvalue weighted by Gasteiger charge is 2.33. The van der Waals surface area contributed by atoms with Crippen LogP contribution in [0.2, 0.25) is 0 Å². The summed E-state index contributed by atoms with van der Waals surface area (Å²) in [5.74, 6) is 0.496. The van der Waals surface area contributed by atoms with Crippen LogP contribution in [0.5, 0.6) is 5.75 Å². The number of hydrogen-bond acceptors (Lipinski definition) is 3. The van der Waals surface area contributed by atoms with Crippen molar-refractivity contribution in [3.8, 4) is 5.75 Å². The Bertz CT molecular complexity index is 776. The number of amides is 2. The number of carbonyl (C=O) groups is 2. The molecule has 0 spiro atoms. The summed E-state index contributed by atoms with van der Waals surface area (Å²) in [5.41, 5.74) is 1.62. The van der Waals surface area contributed by atoms with Gasteiger partial charge in [0, 0.05) is 12.1 Å². The lowest BCUT2D eigenvalue weighted by molar-refractivity contribution is -0.133. The van der Waals surface area contributed by atoms with Gasteiger partial charge in [-0.3, -0.25) is 9.59 Å². The van der Waals surface area contributed by atoms with Crippen LogP contribution >= 0.6 is 0 Å². The Kier molecular flexibility index (Phi) is 5.56. The van der Waals surface area contributed by atoms with E-state index in [1.807, 2.05) is 35.2 Å². The first-order valence-corrected chi connectivity index (χ1v) is 8.90. The number of nitrogens with zero attached hydrogens (tertiary/aromatic N) is 1. The van der Waals surface area contributed by atoms with Crippen molar-refractivity contribution in [1.82, 2.24) is 10.2 Å². The topological polar surface area (TPSA) is 58.6 Å². The number of ether oxygens (including phenoxy) is 1. The summed E-state index contributed by atoms with van der Waals surface area (Å²) in [6.45, 7) is 2.44.